The molecule has 2 heterocycles. The highest BCUT2D eigenvalue weighted by Gasteiger charge is 2.34. The predicted octanol–water partition coefficient (Wildman–Crippen LogP) is 3.01. The Bertz CT molecular complexity index is 729. The van der Waals surface area contributed by atoms with Crippen LogP contribution in [0.4, 0.5) is 4.79 Å². The maximum atomic E-state index is 12.3. The van der Waals surface area contributed by atoms with Crippen LogP contribution in [0.15, 0.2) is 24.3 Å². The lowest BCUT2D eigenvalue weighted by molar-refractivity contribution is 0.0143. The number of rotatable bonds is 6. The van der Waals surface area contributed by atoms with Gasteiger partial charge < -0.3 is 9.64 Å². The van der Waals surface area contributed by atoms with E-state index in [-0.39, 0.29) is 17.9 Å². The normalized spacial score (nSPS) is 17.6. The van der Waals surface area contributed by atoms with Crippen LogP contribution >= 0.6 is 0 Å². The molecular formula is C22H31N3O4. The lowest BCUT2D eigenvalue weighted by atomic mass is 10.1. The second-order valence-electron chi connectivity index (χ2n) is 8.68. The number of nitrogens with zero attached hydrogens (tertiary/aromatic N) is 3. The van der Waals surface area contributed by atoms with Crippen LogP contribution in [0.5, 0.6) is 0 Å². The standard InChI is InChI=1S/C22H31N3O4/c1-22(2,3)29-21(28)24-15-13-23(14-16-24)11-7-4-8-12-25-19(26)17-9-5-6-10-18(17)20(25)27/h5-6,9-10H,4,7-8,11-16H2,1-3H3. The summed E-state index contributed by atoms with van der Waals surface area (Å²) in [6, 6.07) is 7.01. The van der Waals surface area contributed by atoms with Crippen LogP contribution in [0.1, 0.15) is 60.7 Å². The summed E-state index contributed by atoms with van der Waals surface area (Å²) in [6.45, 7) is 10.1. The van der Waals surface area contributed by atoms with Gasteiger partial charge in [-0.05, 0) is 52.3 Å². The Labute approximate surface area is 172 Å². The van der Waals surface area contributed by atoms with E-state index in [0.29, 0.717) is 30.8 Å². The number of carbonyl (C=O) groups is 3. The minimum atomic E-state index is -0.465. The Morgan fingerprint density at radius 1 is 0.897 bits per heavy atom. The topological polar surface area (TPSA) is 70.2 Å². The molecule has 0 aromatic heterocycles. The van der Waals surface area contributed by atoms with E-state index in [4.69, 9.17) is 4.74 Å². The lowest BCUT2D eigenvalue weighted by Crippen LogP contribution is -2.50. The van der Waals surface area contributed by atoms with Crippen molar-refractivity contribution in [2.24, 2.45) is 0 Å². The van der Waals surface area contributed by atoms with Gasteiger partial charge in [0.2, 0.25) is 0 Å². The first-order chi connectivity index (χ1) is 13.8. The van der Waals surface area contributed by atoms with Gasteiger partial charge in [0.05, 0.1) is 11.1 Å². The number of hydrogen-bond acceptors (Lipinski definition) is 5. The molecule has 0 spiro atoms. The van der Waals surface area contributed by atoms with Crippen molar-refractivity contribution in [2.75, 3.05) is 39.3 Å². The van der Waals surface area contributed by atoms with E-state index in [1.807, 2.05) is 20.8 Å². The maximum Gasteiger partial charge on any atom is 0.410 e. The average Bonchev–Trinajstić information content (AvgIpc) is 2.92. The zero-order valence-electron chi connectivity index (χ0n) is 17.6. The SMILES string of the molecule is CC(C)(C)OC(=O)N1CCN(CCCCCN2C(=O)c3ccccc3C2=O)CC1. The van der Waals surface area contributed by atoms with Crippen molar-refractivity contribution in [3.05, 3.63) is 35.4 Å². The molecule has 29 heavy (non-hydrogen) atoms. The molecule has 0 radical (unpaired) electrons. The highest BCUT2D eigenvalue weighted by atomic mass is 16.6. The van der Waals surface area contributed by atoms with Crippen molar-refractivity contribution < 1.29 is 19.1 Å². The number of amides is 3. The summed E-state index contributed by atoms with van der Waals surface area (Å²) < 4.78 is 5.42. The third kappa shape index (κ3) is 5.35. The lowest BCUT2D eigenvalue weighted by Gasteiger charge is -2.35. The van der Waals surface area contributed by atoms with Gasteiger partial charge in [0.1, 0.15) is 5.60 Å². The second-order valence-corrected chi connectivity index (χ2v) is 8.68. The largest absolute Gasteiger partial charge is 0.444 e. The van der Waals surface area contributed by atoms with Gasteiger partial charge in [0.25, 0.3) is 11.8 Å². The molecule has 0 unspecified atom stereocenters. The molecule has 0 atom stereocenters. The fourth-order valence-electron chi connectivity index (χ4n) is 3.70. The fraction of sp³-hybridized carbons (Fsp3) is 0.591. The zero-order chi connectivity index (χ0) is 21.0. The van der Waals surface area contributed by atoms with Crippen molar-refractivity contribution in [2.45, 2.75) is 45.6 Å². The predicted molar refractivity (Wildman–Crippen MR) is 110 cm³/mol. The number of piperazine rings is 1. The smallest absolute Gasteiger partial charge is 0.410 e. The van der Waals surface area contributed by atoms with E-state index < -0.39 is 5.60 Å². The van der Waals surface area contributed by atoms with Crippen LogP contribution < -0.4 is 0 Å². The van der Waals surface area contributed by atoms with Gasteiger partial charge in [-0.2, -0.15) is 0 Å². The summed E-state index contributed by atoms with van der Waals surface area (Å²) in [5, 5.41) is 0. The molecule has 7 heteroatoms. The number of carbonyl (C=O) groups excluding carboxylic acids is 3. The molecule has 158 valence electrons. The van der Waals surface area contributed by atoms with Gasteiger partial charge in [0, 0.05) is 32.7 Å². The Morgan fingerprint density at radius 2 is 1.45 bits per heavy atom. The van der Waals surface area contributed by atoms with Gasteiger partial charge in [-0.1, -0.05) is 18.6 Å². The van der Waals surface area contributed by atoms with E-state index in [1.54, 1.807) is 29.2 Å². The minimum Gasteiger partial charge on any atom is -0.444 e. The van der Waals surface area contributed by atoms with Crippen molar-refractivity contribution in [3.63, 3.8) is 0 Å². The molecule has 3 amide bonds. The van der Waals surface area contributed by atoms with Crippen molar-refractivity contribution in [1.29, 1.82) is 0 Å². The third-order valence-electron chi connectivity index (χ3n) is 5.26. The Balaban J connectivity index is 1.32. The van der Waals surface area contributed by atoms with Crippen LogP contribution in [0.3, 0.4) is 0 Å². The first-order valence-corrected chi connectivity index (χ1v) is 10.4. The van der Waals surface area contributed by atoms with Crippen molar-refractivity contribution in [3.8, 4) is 0 Å². The number of imide groups is 1. The first kappa shape index (κ1) is 21.3. The molecule has 1 aromatic rings. The van der Waals surface area contributed by atoms with Gasteiger partial charge in [-0.15, -0.1) is 0 Å². The van der Waals surface area contributed by atoms with E-state index in [9.17, 15) is 14.4 Å². The highest BCUT2D eigenvalue weighted by molar-refractivity contribution is 6.21. The van der Waals surface area contributed by atoms with Gasteiger partial charge in [-0.3, -0.25) is 19.4 Å². The van der Waals surface area contributed by atoms with Gasteiger partial charge >= 0.3 is 6.09 Å². The molecule has 3 rings (SSSR count). The number of hydrogen-bond donors (Lipinski definition) is 0. The molecule has 0 bridgehead atoms. The van der Waals surface area contributed by atoms with Crippen molar-refractivity contribution in [1.82, 2.24) is 14.7 Å². The number of unbranched alkanes of at least 4 members (excludes halogenated alkanes) is 2. The number of benzene rings is 1. The molecule has 2 aliphatic heterocycles. The molecule has 2 aliphatic rings. The molecule has 1 aromatic carbocycles. The summed E-state index contributed by atoms with van der Waals surface area (Å²) in [4.78, 5) is 42.3. The van der Waals surface area contributed by atoms with Crippen LogP contribution in [0.2, 0.25) is 0 Å². The third-order valence-corrected chi connectivity index (χ3v) is 5.26. The zero-order valence-corrected chi connectivity index (χ0v) is 17.6. The average molecular weight is 402 g/mol. The van der Waals surface area contributed by atoms with Crippen LogP contribution in [-0.2, 0) is 4.74 Å². The summed E-state index contributed by atoms with van der Waals surface area (Å²) >= 11 is 0. The molecule has 0 N–H and O–H groups in total. The van der Waals surface area contributed by atoms with Crippen LogP contribution in [0, 0.1) is 0 Å². The molecule has 1 saturated heterocycles. The molecule has 0 saturated carbocycles. The quantitative estimate of drug-likeness (QED) is 0.541. The summed E-state index contributed by atoms with van der Waals surface area (Å²) in [5.74, 6) is -0.354. The monoisotopic (exact) mass is 401 g/mol. The molecule has 0 aliphatic carbocycles. The van der Waals surface area contributed by atoms with E-state index in [2.05, 4.69) is 4.90 Å². The molecule has 1 fully saturated rings. The second kappa shape index (κ2) is 8.95. The van der Waals surface area contributed by atoms with Gasteiger partial charge in [0.15, 0.2) is 0 Å². The van der Waals surface area contributed by atoms with E-state index in [0.717, 1.165) is 38.9 Å². The summed E-state index contributed by atoms with van der Waals surface area (Å²) in [6.07, 6.45) is 2.54. The first-order valence-electron chi connectivity index (χ1n) is 10.4. The number of ether oxygens (including phenoxy) is 1. The van der Waals surface area contributed by atoms with E-state index >= 15 is 0 Å². The highest BCUT2D eigenvalue weighted by Crippen LogP contribution is 2.22. The Hall–Kier alpha value is -2.41. The maximum absolute atomic E-state index is 12.3. The molecule has 7 nitrogen and oxygen atoms in total. The van der Waals surface area contributed by atoms with E-state index in [1.165, 1.54) is 4.90 Å². The summed E-state index contributed by atoms with van der Waals surface area (Å²) in [7, 11) is 0. The summed E-state index contributed by atoms with van der Waals surface area (Å²) in [5.41, 5.74) is 0.564. The Kier molecular flexibility index (Phi) is 6.57. The Morgan fingerprint density at radius 3 is 2.00 bits per heavy atom. The van der Waals surface area contributed by atoms with Crippen LogP contribution in [-0.4, -0.2) is 77.5 Å². The van der Waals surface area contributed by atoms with Crippen LogP contribution in [0.25, 0.3) is 0 Å². The number of fused-ring (bicyclic) bond motifs is 1. The fourth-order valence-corrected chi connectivity index (χ4v) is 3.70. The van der Waals surface area contributed by atoms with Gasteiger partial charge in [-0.25, -0.2) is 4.79 Å². The molecular weight excluding hydrogens is 370 g/mol. The van der Waals surface area contributed by atoms with Crippen molar-refractivity contribution >= 4 is 17.9 Å². The minimum absolute atomic E-state index is 0.177.